The van der Waals surface area contributed by atoms with E-state index in [-0.39, 0.29) is 19.4 Å². The molecule has 310 valence electrons. The molecule has 1 saturated heterocycles. The highest BCUT2D eigenvalue weighted by molar-refractivity contribution is 7.46. The van der Waals surface area contributed by atoms with Gasteiger partial charge in [-0.25, -0.2) is 4.57 Å². The fourth-order valence-electron chi connectivity index (χ4n) is 5.37. The number of unbranched alkanes of at least 4 members (excludes halogenated alkanes) is 6. The predicted molar refractivity (Wildman–Crippen MR) is 224 cm³/mol. The minimum Gasteiger partial charge on any atom is -0.462 e. The Hall–Kier alpha value is -3.07. The Labute approximate surface area is 332 Å². The molecule has 0 radical (unpaired) electrons. The van der Waals surface area contributed by atoms with Crippen LogP contribution in [0.2, 0.25) is 0 Å². The Morgan fingerprint density at radius 1 is 0.600 bits per heavy atom. The normalized spacial score (nSPS) is 17.2. The van der Waals surface area contributed by atoms with Crippen LogP contribution in [0.4, 0.5) is 0 Å². The summed E-state index contributed by atoms with van der Waals surface area (Å²) in [7, 11) is -4.79. The summed E-state index contributed by atoms with van der Waals surface area (Å²) in [6.45, 7) is 3.44. The molecule has 0 amide bonds. The van der Waals surface area contributed by atoms with Gasteiger partial charge in [-0.05, 0) is 89.9 Å². The molecule has 0 aromatic carbocycles. The molecule has 0 aromatic heterocycles. The van der Waals surface area contributed by atoms with Crippen molar-refractivity contribution >= 4 is 19.8 Å². The summed E-state index contributed by atoms with van der Waals surface area (Å²) in [4.78, 5) is 42.8. The van der Waals surface area contributed by atoms with E-state index in [0.717, 1.165) is 70.6 Å². The maximum Gasteiger partial charge on any atom is 0.469 e. The Kier molecular flexibility index (Phi) is 32.1. The van der Waals surface area contributed by atoms with Crippen LogP contribution in [0, 0.1) is 0 Å². The topological polar surface area (TPSA) is 132 Å². The quantitative estimate of drug-likeness (QED) is 0.0212. The molecule has 0 spiro atoms. The zero-order chi connectivity index (χ0) is 40.1. The van der Waals surface area contributed by atoms with Crippen molar-refractivity contribution in [2.75, 3.05) is 13.2 Å². The molecule has 1 fully saturated rings. The van der Waals surface area contributed by atoms with Gasteiger partial charge in [0.05, 0.1) is 18.8 Å². The minimum absolute atomic E-state index is 0.118. The van der Waals surface area contributed by atoms with Crippen molar-refractivity contribution in [2.45, 2.75) is 161 Å². The van der Waals surface area contributed by atoms with Gasteiger partial charge in [0.25, 0.3) is 0 Å². The average Bonchev–Trinajstić information content (AvgIpc) is 3.91. The fourth-order valence-corrected chi connectivity index (χ4v) is 5.73. The summed E-state index contributed by atoms with van der Waals surface area (Å²) in [5.74, 6) is -1.00. The van der Waals surface area contributed by atoms with E-state index >= 15 is 0 Å². The van der Waals surface area contributed by atoms with E-state index in [9.17, 15) is 14.2 Å². The molecule has 9 nitrogen and oxygen atoms in total. The van der Waals surface area contributed by atoms with Crippen LogP contribution in [0.1, 0.15) is 142 Å². The monoisotopic (exact) mass is 786 g/mol. The van der Waals surface area contributed by atoms with Gasteiger partial charge in [-0.3, -0.25) is 14.1 Å². The van der Waals surface area contributed by atoms with Gasteiger partial charge in [-0.2, -0.15) is 0 Å². The van der Waals surface area contributed by atoms with E-state index in [1.807, 2.05) is 12.2 Å². The summed E-state index contributed by atoms with van der Waals surface area (Å²) in [5, 5.41) is 0. The number of phosphoric acid groups is 1. The lowest BCUT2D eigenvalue weighted by Crippen LogP contribution is -2.29. The molecule has 3 atom stereocenters. The number of carbonyl (C=O) groups is 2. The maximum absolute atomic E-state index is 12.4. The number of carbonyl (C=O) groups excluding carboxylic acids is 2. The van der Waals surface area contributed by atoms with E-state index in [0.29, 0.717) is 31.5 Å². The van der Waals surface area contributed by atoms with E-state index in [2.05, 4.69) is 103 Å². The van der Waals surface area contributed by atoms with Crippen molar-refractivity contribution in [3.05, 3.63) is 97.2 Å². The third kappa shape index (κ3) is 35.1. The standard InChI is InChI=1S/C45H71O9P/c1-3-5-7-8-9-10-11-12-13-14-15-16-17-18-19-23-26-29-33-37-44(46)51-39-41(40-52-55(48,49)50)53-45(47)38-34-30-27-24-21-20-22-25-28-32-36-43-42(54-43)35-31-6-4-2/h5,7,9-10,12-13,15-16,18-20,22,24,27-28,32,41-43H,3-4,6,8,11,14,17,21,23,25-26,29-31,33-40H2,1-2H3,(H2,48,49,50)/b7-5-,10-9-,13-12-,16-15-,19-18-,22-20-,27-24-,32-28-/t41-,42?,43?/m1/s1. The molecule has 1 aliphatic rings. The molecule has 0 bridgehead atoms. The summed E-state index contributed by atoms with van der Waals surface area (Å²) in [5.41, 5.74) is 0. The number of epoxide rings is 1. The first-order valence-electron chi connectivity index (χ1n) is 20.7. The van der Waals surface area contributed by atoms with Gasteiger partial charge in [-0.15, -0.1) is 0 Å². The molecule has 1 aliphatic heterocycles. The highest BCUT2D eigenvalue weighted by atomic mass is 31.2. The van der Waals surface area contributed by atoms with Crippen molar-refractivity contribution in [1.29, 1.82) is 0 Å². The predicted octanol–water partition coefficient (Wildman–Crippen LogP) is 11.6. The van der Waals surface area contributed by atoms with Gasteiger partial charge < -0.3 is 24.0 Å². The Bertz CT molecular complexity index is 1270. The number of phosphoric ester groups is 1. The number of esters is 2. The first kappa shape index (κ1) is 49.9. The largest absolute Gasteiger partial charge is 0.469 e. The summed E-state index contributed by atoms with van der Waals surface area (Å²) >= 11 is 0. The SMILES string of the molecule is CC/C=C\C/C=C\C/C=C\C/C=C\C/C=C\CCCCCC(=O)OC[C@H](COP(=O)(O)O)OC(=O)CCC/C=C\C/C=C\C/C=C\CC1OC1CCCCC. The van der Waals surface area contributed by atoms with Crippen LogP contribution in [0.15, 0.2) is 97.2 Å². The number of ether oxygens (including phenoxy) is 3. The Morgan fingerprint density at radius 2 is 1.13 bits per heavy atom. The van der Waals surface area contributed by atoms with Crippen molar-refractivity contribution in [1.82, 2.24) is 0 Å². The Balaban J connectivity index is 2.14. The van der Waals surface area contributed by atoms with Crippen LogP contribution in [-0.4, -0.2) is 53.3 Å². The van der Waals surface area contributed by atoms with Crippen LogP contribution in [0.3, 0.4) is 0 Å². The summed E-state index contributed by atoms with van der Waals surface area (Å²) in [6.07, 6.45) is 51.6. The Morgan fingerprint density at radius 3 is 1.69 bits per heavy atom. The lowest BCUT2D eigenvalue weighted by atomic mass is 10.1. The second-order valence-corrected chi connectivity index (χ2v) is 14.9. The number of hydrogen-bond donors (Lipinski definition) is 2. The van der Waals surface area contributed by atoms with Crippen LogP contribution in [-0.2, 0) is 32.9 Å². The highest BCUT2D eigenvalue weighted by Gasteiger charge is 2.36. The minimum atomic E-state index is -4.79. The molecular weight excluding hydrogens is 715 g/mol. The summed E-state index contributed by atoms with van der Waals surface area (Å²) < 4.78 is 32.0. The first-order valence-corrected chi connectivity index (χ1v) is 22.2. The number of rotatable bonds is 35. The number of allylic oxidation sites excluding steroid dienone is 15. The average molecular weight is 787 g/mol. The van der Waals surface area contributed by atoms with E-state index < -0.39 is 32.5 Å². The van der Waals surface area contributed by atoms with Gasteiger partial charge in [0, 0.05) is 12.8 Å². The van der Waals surface area contributed by atoms with Gasteiger partial charge in [-0.1, -0.05) is 137 Å². The molecule has 0 aliphatic carbocycles. The third-order valence-electron chi connectivity index (χ3n) is 8.51. The van der Waals surface area contributed by atoms with E-state index in [4.69, 9.17) is 24.0 Å². The lowest BCUT2D eigenvalue weighted by Gasteiger charge is -2.18. The molecule has 55 heavy (non-hydrogen) atoms. The molecule has 2 N–H and O–H groups in total. The molecule has 0 saturated carbocycles. The zero-order valence-corrected chi connectivity index (χ0v) is 34.6. The van der Waals surface area contributed by atoms with Crippen LogP contribution in [0.25, 0.3) is 0 Å². The van der Waals surface area contributed by atoms with Crippen molar-refractivity contribution in [2.24, 2.45) is 0 Å². The van der Waals surface area contributed by atoms with Crippen molar-refractivity contribution < 1.29 is 42.7 Å². The first-order chi connectivity index (χ1) is 26.7. The smallest absolute Gasteiger partial charge is 0.462 e. The highest BCUT2D eigenvalue weighted by Crippen LogP contribution is 2.36. The van der Waals surface area contributed by atoms with Crippen LogP contribution >= 0.6 is 7.82 Å². The molecule has 1 rings (SSSR count). The molecule has 0 aromatic rings. The molecule has 2 unspecified atom stereocenters. The lowest BCUT2D eigenvalue weighted by molar-refractivity contribution is -0.161. The van der Waals surface area contributed by atoms with E-state index in [1.165, 1.54) is 25.7 Å². The molecule has 10 heteroatoms. The zero-order valence-electron chi connectivity index (χ0n) is 33.7. The second kappa shape index (κ2) is 35.4. The van der Waals surface area contributed by atoms with Gasteiger partial charge in [0.2, 0.25) is 0 Å². The van der Waals surface area contributed by atoms with Crippen molar-refractivity contribution in [3.8, 4) is 0 Å². The molecule has 1 heterocycles. The maximum atomic E-state index is 12.4. The molecular formula is C45H71O9P. The summed E-state index contributed by atoms with van der Waals surface area (Å²) in [6, 6.07) is 0. The van der Waals surface area contributed by atoms with Crippen LogP contribution < -0.4 is 0 Å². The van der Waals surface area contributed by atoms with Gasteiger partial charge in [0.1, 0.15) is 6.61 Å². The second-order valence-electron chi connectivity index (χ2n) is 13.6. The van der Waals surface area contributed by atoms with Crippen molar-refractivity contribution in [3.63, 3.8) is 0 Å². The van der Waals surface area contributed by atoms with E-state index in [1.54, 1.807) is 0 Å². The number of hydrogen-bond acceptors (Lipinski definition) is 7. The fraction of sp³-hybridized carbons (Fsp3) is 0.600. The third-order valence-corrected chi connectivity index (χ3v) is 9.00. The van der Waals surface area contributed by atoms with Crippen LogP contribution in [0.5, 0.6) is 0 Å². The van der Waals surface area contributed by atoms with Gasteiger partial charge in [0.15, 0.2) is 6.10 Å². The van der Waals surface area contributed by atoms with Gasteiger partial charge >= 0.3 is 19.8 Å².